The number of carbonyl (C=O) groups excluding carboxylic acids is 7. The van der Waals surface area contributed by atoms with Crippen LogP contribution in [-0.2, 0) is 49.6 Å². The number of hydrogen-bond acceptors (Lipinski definition) is 11. The van der Waals surface area contributed by atoms with Crippen molar-refractivity contribution in [3.63, 3.8) is 0 Å². The molecule has 0 radical (unpaired) electrons. The number of nitrogens with one attached hydrogen (secondary N) is 3. The smallest absolute Gasteiger partial charge is 0.326 e. The molecule has 1 aromatic carbocycles. The first-order valence-corrected chi connectivity index (χ1v) is 23.9. The minimum Gasteiger partial charge on any atom is -0.481 e. The number of ketones is 2. The van der Waals surface area contributed by atoms with Crippen LogP contribution in [0.2, 0.25) is 0 Å². The maximum atomic E-state index is 14.5. The Kier molecular flexibility index (Phi) is 24.5. The maximum absolute atomic E-state index is 14.5. The van der Waals surface area contributed by atoms with Crippen molar-refractivity contribution in [3.8, 4) is 0 Å². The highest BCUT2D eigenvalue weighted by Crippen LogP contribution is 2.26. The highest BCUT2D eigenvalue weighted by atomic mass is 16.4. The Morgan fingerprint density at radius 3 is 2.10 bits per heavy atom. The van der Waals surface area contributed by atoms with Crippen LogP contribution in [-0.4, -0.2) is 135 Å². The first kappa shape index (κ1) is 60.4. The van der Waals surface area contributed by atoms with Gasteiger partial charge in [0.25, 0.3) is 5.91 Å². The van der Waals surface area contributed by atoms with E-state index < -0.39 is 138 Å². The molecular formula is C51H76N8O12. The Morgan fingerprint density at radius 2 is 1.52 bits per heavy atom. The van der Waals surface area contributed by atoms with E-state index in [9.17, 15) is 58.5 Å². The molecule has 1 saturated heterocycles. The fraction of sp³-hybridized carbons (Fsp3) is 0.569. The van der Waals surface area contributed by atoms with Crippen LogP contribution >= 0.6 is 0 Å². The summed E-state index contributed by atoms with van der Waals surface area (Å²) in [6.45, 7) is 15.0. The number of likely N-dealkylation sites (N-methyl/N-ethyl adjacent to an activating group) is 2. The normalized spacial score (nSPS) is 25.7. The number of aliphatic hydroxyl groups is 1. The van der Waals surface area contributed by atoms with Gasteiger partial charge in [-0.3, -0.25) is 43.3 Å². The topological polar surface area (TPSA) is 321 Å². The molecule has 0 unspecified atom stereocenters. The number of aliphatic imine (C=N–C) groups is 1. The number of guanidine groups is 1. The number of hydrogen-bond donors (Lipinski definition) is 8. The van der Waals surface area contributed by atoms with Gasteiger partial charge in [0.15, 0.2) is 11.7 Å². The Hall–Kier alpha value is -6.70. The number of nitrogens with two attached hydrogens (primary N) is 2. The van der Waals surface area contributed by atoms with Gasteiger partial charge < -0.3 is 52.5 Å². The Labute approximate surface area is 416 Å². The molecule has 0 spiro atoms. The van der Waals surface area contributed by atoms with Gasteiger partial charge in [-0.1, -0.05) is 95.3 Å². The van der Waals surface area contributed by atoms with E-state index in [1.165, 1.54) is 40.9 Å². The number of carboxylic acid groups (broad SMARTS) is 2. The van der Waals surface area contributed by atoms with E-state index in [1.54, 1.807) is 26.8 Å². The van der Waals surface area contributed by atoms with Crippen LogP contribution in [0.5, 0.6) is 0 Å². The third-order valence-corrected chi connectivity index (χ3v) is 12.8. The number of allylic oxidation sites excluding steroid dienone is 2. The number of Topliss-reactive ketones (excluding diaryl/α,β-unsaturated/α-hetero) is 2. The zero-order valence-electron chi connectivity index (χ0n) is 42.6. The zero-order valence-corrected chi connectivity index (χ0v) is 42.6. The van der Waals surface area contributed by atoms with Crippen molar-refractivity contribution in [1.82, 2.24) is 25.8 Å². The number of aliphatic carboxylic acids is 2. The molecule has 20 nitrogen and oxygen atoms in total. The monoisotopic (exact) mass is 993 g/mol. The van der Waals surface area contributed by atoms with Crippen LogP contribution < -0.4 is 27.4 Å². The van der Waals surface area contributed by atoms with Crippen molar-refractivity contribution < 1.29 is 58.5 Å². The van der Waals surface area contributed by atoms with Gasteiger partial charge in [0.05, 0.1) is 30.0 Å². The first-order valence-electron chi connectivity index (χ1n) is 23.9. The quantitative estimate of drug-likeness (QED) is 0.0437. The van der Waals surface area contributed by atoms with Gasteiger partial charge in [-0.25, -0.2) is 4.79 Å². The largest absolute Gasteiger partial charge is 0.481 e. The van der Waals surface area contributed by atoms with E-state index in [1.807, 2.05) is 43.3 Å². The molecule has 20 heteroatoms. The van der Waals surface area contributed by atoms with Gasteiger partial charge in [-0.05, 0) is 57.4 Å². The molecule has 5 amide bonds. The standard InChI is InChI=1S/C51H76N8O12/c1-28(2)23-39-43(62)27-37(49(68)69)31(5)42(61)26-36(17-14-22-54-51(52)53)47(66)56-38(19-18-29(3)24-30(4)41(60)25-35-15-12-11-13-16-35)32(6)48(67)59(10)40(50(70)71)20-21-44(63)58(9)34(8)46(65)55-33(7)45(64)57-39/h11-13,15-16,18-19,24,28,30-33,36-41,60H,8,14,17,20-23,25-27H2,1-7,9-10H3,(H,55,65)(H,56,66)(H,57,64)(H,68,69)(H,70,71)(H4,52,53,54)/b19-18+,29-24+/t30-,31-,32-,33+,36+,37+,38-,39-,40+,41-/m0/s1. The lowest BCUT2D eigenvalue weighted by Gasteiger charge is -2.31. The molecule has 0 bridgehead atoms. The molecule has 1 aromatic rings. The van der Waals surface area contributed by atoms with Crippen LogP contribution in [0.3, 0.4) is 0 Å². The average Bonchev–Trinajstić information content (AvgIpc) is 3.30. The van der Waals surface area contributed by atoms with E-state index in [0.717, 1.165) is 15.4 Å². The summed E-state index contributed by atoms with van der Waals surface area (Å²) >= 11 is 0. The summed E-state index contributed by atoms with van der Waals surface area (Å²) in [6, 6.07) is 4.19. The Balaban J connectivity index is 2.76. The fourth-order valence-electron chi connectivity index (χ4n) is 8.09. The lowest BCUT2D eigenvalue weighted by Crippen LogP contribution is -2.52. The van der Waals surface area contributed by atoms with E-state index in [-0.39, 0.29) is 43.6 Å². The lowest BCUT2D eigenvalue weighted by atomic mass is 9.81. The van der Waals surface area contributed by atoms with Crippen LogP contribution in [0.25, 0.3) is 0 Å². The maximum Gasteiger partial charge on any atom is 0.326 e. The van der Waals surface area contributed by atoms with Gasteiger partial charge in [0.1, 0.15) is 23.6 Å². The van der Waals surface area contributed by atoms with Crippen molar-refractivity contribution in [2.24, 2.45) is 52.0 Å². The van der Waals surface area contributed by atoms with E-state index in [4.69, 9.17) is 11.5 Å². The summed E-state index contributed by atoms with van der Waals surface area (Å²) in [4.78, 5) is 128. The van der Waals surface area contributed by atoms with Crippen LogP contribution in [0, 0.1) is 35.5 Å². The molecule has 10 atom stereocenters. The Morgan fingerprint density at radius 1 is 0.887 bits per heavy atom. The molecule has 1 aliphatic heterocycles. The lowest BCUT2D eigenvalue weighted by molar-refractivity contribution is -0.151. The molecule has 1 aliphatic rings. The van der Waals surface area contributed by atoms with Crippen molar-refractivity contribution in [2.75, 3.05) is 20.6 Å². The summed E-state index contributed by atoms with van der Waals surface area (Å²) in [5, 5.41) is 39.6. The zero-order chi connectivity index (χ0) is 53.9. The van der Waals surface area contributed by atoms with E-state index in [2.05, 4.69) is 27.5 Å². The number of amides is 5. The molecule has 0 aliphatic carbocycles. The first-order chi connectivity index (χ1) is 33.2. The number of carboxylic acids is 2. The predicted octanol–water partition coefficient (Wildman–Crippen LogP) is 2.49. The van der Waals surface area contributed by atoms with Gasteiger partial charge >= 0.3 is 11.9 Å². The highest BCUT2D eigenvalue weighted by Gasteiger charge is 2.38. The molecule has 1 fully saturated rings. The molecule has 10 N–H and O–H groups in total. The summed E-state index contributed by atoms with van der Waals surface area (Å²) < 4.78 is 0. The number of carbonyl (C=O) groups is 9. The summed E-state index contributed by atoms with van der Waals surface area (Å²) in [6.07, 6.45) is 2.85. The van der Waals surface area contributed by atoms with Gasteiger partial charge in [0, 0.05) is 57.7 Å². The Bertz CT molecular complexity index is 2170. The van der Waals surface area contributed by atoms with Gasteiger partial charge in [-0.2, -0.15) is 0 Å². The number of nitrogens with zero attached hydrogens (tertiary/aromatic N) is 3. The second kappa shape index (κ2) is 28.8. The van der Waals surface area contributed by atoms with E-state index in [0.29, 0.717) is 12.0 Å². The van der Waals surface area contributed by atoms with Crippen molar-refractivity contribution in [2.45, 2.75) is 130 Å². The van der Waals surface area contributed by atoms with Crippen molar-refractivity contribution >= 4 is 59.0 Å². The fourth-order valence-corrected chi connectivity index (χ4v) is 8.09. The third-order valence-electron chi connectivity index (χ3n) is 12.8. The van der Waals surface area contributed by atoms with Crippen LogP contribution in [0.1, 0.15) is 99.0 Å². The molecule has 0 aromatic heterocycles. The summed E-state index contributed by atoms with van der Waals surface area (Å²) in [7, 11) is 2.47. The molecule has 0 saturated carbocycles. The van der Waals surface area contributed by atoms with Crippen LogP contribution in [0.15, 0.2) is 71.4 Å². The molecule has 392 valence electrons. The minimum absolute atomic E-state index is 0.0133. The van der Waals surface area contributed by atoms with Gasteiger partial charge in [-0.15, -0.1) is 0 Å². The predicted molar refractivity (Wildman–Crippen MR) is 267 cm³/mol. The average molecular weight is 993 g/mol. The number of benzene rings is 1. The number of aliphatic hydroxyl groups excluding tert-OH is 1. The van der Waals surface area contributed by atoms with E-state index >= 15 is 0 Å². The molecule has 71 heavy (non-hydrogen) atoms. The second-order valence-corrected chi connectivity index (χ2v) is 19.1. The summed E-state index contributed by atoms with van der Waals surface area (Å²) in [5.74, 6) is -14.2. The van der Waals surface area contributed by atoms with Crippen molar-refractivity contribution in [1.29, 1.82) is 0 Å². The SMILES string of the molecule is C=C1C(=O)N[C@H](C)C(=O)N[C@@H](CC(C)C)C(=O)C[C@@H](C(=O)O)[C@H](C)C(=O)C[C@@H](CCCN=C(N)N)C(=O)N[C@@H](/C=C/C(C)=C/[C@H](C)[C@@H](O)Cc2ccccc2)[C@H](C)C(=O)N(C)[C@@H](C(=O)O)CCC(=O)N1C. The minimum atomic E-state index is -1.58. The molecular weight excluding hydrogens is 917 g/mol. The van der Waals surface area contributed by atoms with Gasteiger partial charge in [0.2, 0.25) is 23.6 Å². The second-order valence-electron chi connectivity index (χ2n) is 19.1. The van der Waals surface area contributed by atoms with Crippen molar-refractivity contribution in [3.05, 3.63) is 72.0 Å². The highest BCUT2D eigenvalue weighted by molar-refractivity contribution is 6.00. The summed E-state index contributed by atoms with van der Waals surface area (Å²) in [5.41, 5.74) is 12.2. The molecule has 1 heterocycles. The molecule has 2 rings (SSSR count). The van der Waals surface area contributed by atoms with Crippen LogP contribution in [0.4, 0.5) is 0 Å². The third kappa shape index (κ3) is 19.6. The number of rotatable bonds is 14.